The van der Waals surface area contributed by atoms with E-state index in [0.717, 1.165) is 30.0 Å². The van der Waals surface area contributed by atoms with Gasteiger partial charge in [-0.25, -0.2) is 4.98 Å². The second-order valence-electron chi connectivity index (χ2n) is 10.2. The van der Waals surface area contributed by atoms with Crippen molar-refractivity contribution in [1.29, 1.82) is 0 Å². The number of carbonyl (C=O) groups excluding carboxylic acids is 1. The first-order valence-corrected chi connectivity index (χ1v) is 13.0. The molecular weight excluding hydrogens is 454 g/mol. The quantitative estimate of drug-likeness (QED) is 0.255. The molecule has 1 saturated heterocycles. The molecule has 3 heterocycles. The van der Waals surface area contributed by atoms with Gasteiger partial charge in [-0.15, -0.1) is 0 Å². The molecule has 0 radical (unpaired) electrons. The van der Waals surface area contributed by atoms with Gasteiger partial charge in [0.25, 0.3) is 0 Å². The van der Waals surface area contributed by atoms with Gasteiger partial charge in [-0.3, -0.25) is 14.1 Å². The summed E-state index contributed by atoms with van der Waals surface area (Å²) in [6.07, 6.45) is 4.08. The van der Waals surface area contributed by atoms with E-state index in [9.17, 15) is 4.79 Å². The van der Waals surface area contributed by atoms with Gasteiger partial charge in [0, 0.05) is 36.8 Å². The highest BCUT2D eigenvalue weighted by atomic mass is 16.1. The van der Waals surface area contributed by atoms with E-state index in [1.54, 1.807) is 6.92 Å². The van der Waals surface area contributed by atoms with E-state index in [0.29, 0.717) is 11.8 Å². The number of benzene rings is 3. The maximum atomic E-state index is 11.6. The summed E-state index contributed by atoms with van der Waals surface area (Å²) in [6, 6.07) is 30.5. The Kier molecular flexibility index (Phi) is 5.97. The number of aromatic nitrogens is 2. The number of carbonyl (C=O) groups is 1. The normalized spacial score (nSPS) is 15.0. The molecule has 1 fully saturated rings. The molecule has 1 unspecified atom stereocenters. The molecule has 0 spiro atoms. The summed E-state index contributed by atoms with van der Waals surface area (Å²) in [7, 11) is 0. The van der Waals surface area contributed by atoms with Gasteiger partial charge < -0.3 is 0 Å². The summed E-state index contributed by atoms with van der Waals surface area (Å²) in [5.41, 5.74) is 10.6. The molecule has 0 amide bonds. The molecule has 1 atom stereocenters. The molecule has 1 aliphatic rings. The molecule has 1 aliphatic heterocycles. The van der Waals surface area contributed by atoms with Crippen LogP contribution in [0.5, 0.6) is 0 Å². The Labute approximate surface area is 218 Å². The molecule has 0 N–H and O–H groups in total. The number of Topliss-reactive ketones (excluding diaryl/α,β-unsaturated/α-hetero) is 1. The zero-order valence-electron chi connectivity index (χ0n) is 21.6. The van der Waals surface area contributed by atoms with Crippen LogP contribution in [0.1, 0.15) is 31.0 Å². The minimum absolute atomic E-state index is 0.203. The van der Waals surface area contributed by atoms with Crippen molar-refractivity contribution in [1.82, 2.24) is 14.3 Å². The van der Waals surface area contributed by atoms with Crippen molar-refractivity contribution in [2.24, 2.45) is 5.92 Å². The van der Waals surface area contributed by atoms with Gasteiger partial charge in [0.15, 0.2) is 0 Å². The van der Waals surface area contributed by atoms with E-state index in [1.807, 2.05) is 6.20 Å². The first kappa shape index (κ1) is 23.4. The van der Waals surface area contributed by atoms with Crippen LogP contribution in [0.2, 0.25) is 0 Å². The Morgan fingerprint density at radius 2 is 1.57 bits per heavy atom. The van der Waals surface area contributed by atoms with E-state index < -0.39 is 0 Å². The standard InChI is InChI=1S/C33H31N3O/c1-22-30(26-8-5-4-6-9-26)10-7-11-31(22)28-16-17-36-32(19-34-33(36)18-28)27-14-12-25(13-15-27)23(2)35-20-29(21-35)24(3)37/h4-19,23,29H,20-21H2,1-3H3. The summed E-state index contributed by atoms with van der Waals surface area (Å²) in [5, 5.41) is 0. The Bertz CT molecular complexity index is 1580. The number of hydrogen-bond donors (Lipinski definition) is 0. The van der Waals surface area contributed by atoms with Crippen LogP contribution in [0.3, 0.4) is 0 Å². The van der Waals surface area contributed by atoms with Crippen molar-refractivity contribution < 1.29 is 4.79 Å². The molecule has 6 rings (SSSR count). The van der Waals surface area contributed by atoms with Crippen LogP contribution in [0.15, 0.2) is 97.3 Å². The fraction of sp³-hybridized carbons (Fsp3) is 0.212. The lowest BCUT2D eigenvalue weighted by Gasteiger charge is -2.42. The van der Waals surface area contributed by atoms with Crippen LogP contribution in [-0.2, 0) is 4.79 Å². The third kappa shape index (κ3) is 4.28. The monoisotopic (exact) mass is 485 g/mol. The zero-order chi connectivity index (χ0) is 25.5. The summed E-state index contributed by atoms with van der Waals surface area (Å²) in [4.78, 5) is 18.7. The smallest absolute Gasteiger partial charge is 0.137 e. The number of nitrogens with zero attached hydrogens (tertiary/aromatic N) is 3. The van der Waals surface area contributed by atoms with E-state index in [1.165, 1.54) is 33.4 Å². The lowest BCUT2D eigenvalue weighted by atomic mass is 9.92. The van der Waals surface area contributed by atoms with Gasteiger partial charge in [0.2, 0.25) is 0 Å². The maximum absolute atomic E-state index is 11.6. The van der Waals surface area contributed by atoms with Gasteiger partial charge in [0.1, 0.15) is 11.4 Å². The molecule has 37 heavy (non-hydrogen) atoms. The van der Waals surface area contributed by atoms with Gasteiger partial charge in [-0.05, 0) is 66.3 Å². The van der Waals surface area contributed by atoms with Crippen molar-refractivity contribution in [3.05, 3.63) is 108 Å². The third-order valence-electron chi connectivity index (χ3n) is 7.96. The molecule has 3 aromatic carbocycles. The highest BCUT2D eigenvalue weighted by molar-refractivity contribution is 5.80. The molecule has 0 aliphatic carbocycles. The lowest BCUT2D eigenvalue weighted by molar-refractivity contribution is -0.126. The maximum Gasteiger partial charge on any atom is 0.137 e. The van der Waals surface area contributed by atoms with Gasteiger partial charge in [-0.2, -0.15) is 0 Å². The number of ketones is 1. The molecular formula is C33H31N3O. The predicted octanol–water partition coefficient (Wildman–Crippen LogP) is 7.23. The Hall–Kier alpha value is -4.02. The number of likely N-dealkylation sites (tertiary alicyclic amines) is 1. The SMILES string of the molecule is CC(=O)C1CN(C(C)c2ccc(-c3cnc4cc(-c5cccc(-c6ccccc6)c5C)ccn34)cc2)C1. The number of rotatable bonds is 6. The molecule has 4 heteroatoms. The fourth-order valence-electron chi connectivity index (χ4n) is 5.47. The van der Waals surface area contributed by atoms with E-state index in [-0.39, 0.29) is 5.92 Å². The average molecular weight is 486 g/mol. The fourth-order valence-corrected chi connectivity index (χ4v) is 5.47. The average Bonchev–Trinajstić information content (AvgIpc) is 3.31. The topological polar surface area (TPSA) is 37.6 Å². The van der Waals surface area contributed by atoms with Crippen LogP contribution < -0.4 is 0 Å². The third-order valence-corrected chi connectivity index (χ3v) is 7.96. The van der Waals surface area contributed by atoms with E-state index in [4.69, 9.17) is 4.98 Å². The Morgan fingerprint density at radius 1 is 0.865 bits per heavy atom. The van der Waals surface area contributed by atoms with Crippen LogP contribution >= 0.6 is 0 Å². The Morgan fingerprint density at radius 3 is 2.27 bits per heavy atom. The molecule has 0 bridgehead atoms. The highest BCUT2D eigenvalue weighted by Crippen LogP contribution is 2.34. The molecule has 2 aromatic heterocycles. The number of imidazole rings is 1. The first-order chi connectivity index (χ1) is 18.0. The van der Waals surface area contributed by atoms with Gasteiger partial charge in [-0.1, -0.05) is 72.8 Å². The molecule has 5 aromatic rings. The lowest BCUT2D eigenvalue weighted by Crippen LogP contribution is -2.50. The number of hydrogen-bond acceptors (Lipinski definition) is 3. The summed E-state index contributed by atoms with van der Waals surface area (Å²) < 4.78 is 2.16. The van der Waals surface area contributed by atoms with Crippen molar-refractivity contribution in [2.45, 2.75) is 26.8 Å². The van der Waals surface area contributed by atoms with Crippen LogP contribution in [0, 0.1) is 12.8 Å². The summed E-state index contributed by atoms with van der Waals surface area (Å²) in [5.74, 6) is 0.503. The molecule has 184 valence electrons. The van der Waals surface area contributed by atoms with Crippen LogP contribution in [0.25, 0.3) is 39.2 Å². The summed E-state index contributed by atoms with van der Waals surface area (Å²) >= 11 is 0. The van der Waals surface area contributed by atoms with Crippen molar-refractivity contribution in [3.8, 4) is 33.5 Å². The first-order valence-electron chi connectivity index (χ1n) is 13.0. The number of fused-ring (bicyclic) bond motifs is 1. The minimum Gasteiger partial charge on any atom is -0.300 e. The van der Waals surface area contributed by atoms with E-state index in [2.05, 4.69) is 114 Å². The minimum atomic E-state index is 0.203. The van der Waals surface area contributed by atoms with Crippen molar-refractivity contribution in [3.63, 3.8) is 0 Å². The van der Waals surface area contributed by atoms with Crippen molar-refractivity contribution in [2.75, 3.05) is 13.1 Å². The number of pyridine rings is 1. The van der Waals surface area contributed by atoms with Crippen molar-refractivity contribution >= 4 is 11.4 Å². The molecule has 4 nitrogen and oxygen atoms in total. The van der Waals surface area contributed by atoms with Gasteiger partial charge in [0.05, 0.1) is 11.9 Å². The largest absolute Gasteiger partial charge is 0.300 e. The zero-order valence-corrected chi connectivity index (χ0v) is 21.6. The second-order valence-corrected chi connectivity index (χ2v) is 10.2. The van der Waals surface area contributed by atoms with Crippen LogP contribution in [-0.4, -0.2) is 33.2 Å². The molecule has 0 saturated carbocycles. The Balaban J connectivity index is 1.26. The highest BCUT2D eigenvalue weighted by Gasteiger charge is 2.33. The van der Waals surface area contributed by atoms with E-state index >= 15 is 0 Å². The predicted molar refractivity (Wildman–Crippen MR) is 150 cm³/mol. The van der Waals surface area contributed by atoms with Gasteiger partial charge >= 0.3 is 0 Å². The second kappa shape index (κ2) is 9.45. The summed E-state index contributed by atoms with van der Waals surface area (Å²) in [6.45, 7) is 7.84. The van der Waals surface area contributed by atoms with Crippen LogP contribution in [0.4, 0.5) is 0 Å².